The summed E-state index contributed by atoms with van der Waals surface area (Å²) >= 11 is 0. The second-order valence-corrected chi connectivity index (χ2v) is 5.95. The van der Waals surface area contributed by atoms with E-state index >= 15 is 0 Å². The molecule has 2 fully saturated rings. The van der Waals surface area contributed by atoms with E-state index in [0.717, 1.165) is 24.4 Å². The Morgan fingerprint density at radius 3 is 3.10 bits per heavy atom. The van der Waals surface area contributed by atoms with Gasteiger partial charge in [-0.3, -0.25) is 4.79 Å². The topological polar surface area (TPSA) is 49.6 Å². The second kappa shape index (κ2) is 4.31. The van der Waals surface area contributed by atoms with E-state index < -0.39 is 0 Å². The Morgan fingerprint density at radius 2 is 2.35 bits per heavy atom. The van der Waals surface area contributed by atoms with E-state index in [1.807, 2.05) is 35.9 Å². The van der Waals surface area contributed by atoms with Gasteiger partial charge in [-0.05, 0) is 37.9 Å². The van der Waals surface area contributed by atoms with Crippen LogP contribution in [0.25, 0.3) is 5.65 Å². The van der Waals surface area contributed by atoms with Crippen LogP contribution in [-0.4, -0.2) is 45.9 Å². The lowest BCUT2D eigenvalue weighted by molar-refractivity contribution is 0.0924. The molecule has 0 aromatic carbocycles. The van der Waals surface area contributed by atoms with E-state index in [4.69, 9.17) is 0 Å². The number of hydrogen-bond acceptors (Lipinski definition) is 3. The zero-order valence-electron chi connectivity index (χ0n) is 11.5. The van der Waals surface area contributed by atoms with E-state index in [0.29, 0.717) is 17.5 Å². The van der Waals surface area contributed by atoms with Crippen molar-refractivity contribution in [2.24, 2.45) is 5.92 Å². The first-order valence-corrected chi connectivity index (χ1v) is 7.17. The molecule has 4 rings (SSSR count). The number of carbonyl (C=O) groups excluding carboxylic acids is 1. The van der Waals surface area contributed by atoms with Gasteiger partial charge in [0, 0.05) is 37.1 Å². The third kappa shape index (κ3) is 1.89. The van der Waals surface area contributed by atoms with Gasteiger partial charge in [0.15, 0.2) is 0 Å². The zero-order chi connectivity index (χ0) is 13.7. The Bertz CT molecular complexity index is 678. The van der Waals surface area contributed by atoms with Crippen molar-refractivity contribution in [3.8, 4) is 0 Å². The molecule has 2 bridgehead atoms. The predicted molar refractivity (Wildman–Crippen MR) is 75.7 cm³/mol. The average molecular weight is 270 g/mol. The normalized spacial score (nSPS) is 28.1. The molecule has 2 aromatic heterocycles. The molecule has 2 aliphatic rings. The maximum atomic E-state index is 12.4. The molecule has 0 saturated carbocycles. The summed E-state index contributed by atoms with van der Waals surface area (Å²) < 4.78 is 1.94. The molecule has 4 heterocycles. The lowest BCUT2D eigenvalue weighted by Crippen LogP contribution is -2.43. The van der Waals surface area contributed by atoms with Crippen LogP contribution in [0.3, 0.4) is 0 Å². The largest absolute Gasteiger partial charge is 0.348 e. The minimum Gasteiger partial charge on any atom is -0.348 e. The highest BCUT2D eigenvalue weighted by molar-refractivity contribution is 5.95. The lowest BCUT2D eigenvalue weighted by Gasteiger charge is -2.23. The van der Waals surface area contributed by atoms with Crippen molar-refractivity contribution in [2.75, 3.05) is 19.6 Å². The summed E-state index contributed by atoms with van der Waals surface area (Å²) in [6.07, 6.45) is 5.07. The number of rotatable bonds is 2. The van der Waals surface area contributed by atoms with E-state index in [2.05, 4.69) is 15.2 Å². The van der Waals surface area contributed by atoms with Crippen LogP contribution in [0.2, 0.25) is 0 Å². The van der Waals surface area contributed by atoms with Gasteiger partial charge in [0.05, 0.1) is 5.69 Å². The number of amides is 1. The summed E-state index contributed by atoms with van der Waals surface area (Å²) in [6.45, 7) is 5.29. The molecule has 2 saturated heterocycles. The Morgan fingerprint density at radius 1 is 1.45 bits per heavy atom. The maximum absolute atomic E-state index is 12.4. The molecule has 0 radical (unpaired) electrons. The van der Waals surface area contributed by atoms with E-state index in [1.54, 1.807) is 0 Å². The van der Waals surface area contributed by atoms with Gasteiger partial charge < -0.3 is 14.6 Å². The van der Waals surface area contributed by atoms with Crippen molar-refractivity contribution in [1.82, 2.24) is 19.6 Å². The Labute approximate surface area is 117 Å². The van der Waals surface area contributed by atoms with Gasteiger partial charge in [-0.15, -0.1) is 0 Å². The van der Waals surface area contributed by atoms with Crippen LogP contribution in [0.5, 0.6) is 0 Å². The SMILES string of the molecule is Cc1cn2ccc(C(=O)NC3CN4CCC3C4)cc2n1. The van der Waals surface area contributed by atoms with Crippen LogP contribution in [0.15, 0.2) is 24.5 Å². The molecule has 5 heteroatoms. The monoisotopic (exact) mass is 270 g/mol. The van der Waals surface area contributed by atoms with Gasteiger partial charge in [-0.2, -0.15) is 0 Å². The third-order valence-electron chi connectivity index (χ3n) is 4.49. The highest BCUT2D eigenvalue weighted by atomic mass is 16.1. The number of hydrogen-bond donors (Lipinski definition) is 1. The summed E-state index contributed by atoms with van der Waals surface area (Å²) in [6, 6.07) is 4.03. The predicted octanol–water partition coefficient (Wildman–Crippen LogP) is 1.08. The molecular weight excluding hydrogens is 252 g/mol. The number of aromatic nitrogens is 2. The van der Waals surface area contributed by atoms with Crippen LogP contribution < -0.4 is 5.32 Å². The number of piperidine rings is 1. The van der Waals surface area contributed by atoms with E-state index in [-0.39, 0.29) is 5.91 Å². The van der Waals surface area contributed by atoms with Crippen molar-refractivity contribution in [3.05, 3.63) is 35.8 Å². The number of nitrogens with one attached hydrogen (secondary N) is 1. The highest BCUT2D eigenvalue weighted by Gasteiger charge is 2.38. The summed E-state index contributed by atoms with van der Waals surface area (Å²) in [5.74, 6) is 0.656. The summed E-state index contributed by atoms with van der Waals surface area (Å²) in [5.41, 5.74) is 2.48. The third-order valence-corrected chi connectivity index (χ3v) is 4.49. The van der Waals surface area contributed by atoms with E-state index in [1.165, 1.54) is 13.0 Å². The standard InChI is InChI=1S/C15H18N4O/c1-10-7-19-5-3-11(6-14(19)16-10)15(20)17-13-9-18-4-2-12(13)8-18/h3,5-7,12-13H,2,4,8-9H2,1H3,(H,17,20). The quantitative estimate of drug-likeness (QED) is 0.888. The van der Waals surface area contributed by atoms with Gasteiger partial charge in [0.25, 0.3) is 5.91 Å². The zero-order valence-corrected chi connectivity index (χ0v) is 11.5. The number of nitrogens with zero attached hydrogens (tertiary/aromatic N) is 3. The fourth-order valence-electron chi connectivity index (χ4n) is 3.45. The fraction of sp³-hybridized carbons (Fsp3) is 0.467. The Kier molecular flexibility index (Phi) is 2.57. The first kappa shape index (κ1) is 11.9. The number of fused-ring (bicyclic) bond motifs is 3. The van der Waals surface area contributed by atoms with Gasteiger partial charge in [0.1, 0.15) is 5.65 Å². The van der Waals surface area contributed by atoms with Crippen molar-refractivity contribution >= 4 is 11.6 Å². The minimum absolute atomic E-state index is 0.0203. The van der Waals surface area contributed by atoms with E-state index in [9.17, 15) is 4.79 Å². The molecule has 0 aliphatic carbocycles. The molecule has 104 valence electrons. The summed E-state index contributed by atoms with van der Waals surface area (Å²) in [7, 11) is 0. The van der Waals surface area contributed by atoms with Crippen molar-refractivity contribution in [3.63, 3.8) is 0 Å². The van der Waals surface area contributed by atoms with Gasteiger partial charge in [0.2, 0.25) is 0 Å². The molecular formula is C15H18N4O. The van der Waals surface area contributed by atoms with Gasteiger partial charge in [-0.1, -0.05) is 0 Å². The van der Waals surface area contributed by atoms with Crippen LogP contribution in [0.4, 0.5) is 0 Å². The number of imidazole rings is 1. The molecule has 0 spiro atoms. The maximum Gasteiger partial charge on any atom is 0.251 e. The van der Waals surface area contributed by atoms with Crippen molar-refractivity contribution in [1.29, 1.82) is 0 Å². The molecule has 3 unspecified atom stereocenters. The van der Waals surface area contributed by atoms with Crippen LogP contribution in [-0.2, 0) is 0 Å². The molecule has 1 N–H and O–H groups in total. The molecule has 2 aromatic rings. The number of aryl methyl sites for hydroxylation is 1. The minimum atomic E-state index is 0.0203. The summed E-state index contributed by atoms with van der Waals surface area (Å²) in [5, 5.41) is 3.18. The highest BCUT2D eigenvalue weighted by Crippen LogP contribution is 2.27. The average Bonchev–Trinajstić information content (AvgIpc) is 3.10. The van der Waals surface area contributed by atoms with Crippen molar-refractivity contribution in [2.45, 2.75) is 19.4 Å². The van der Waals surface area contributed by atoms with Crippen molar-refractivity contribution < 1.29 is 4.79 Å². The second-order valence-electron chi connectivity index (χ2n) is 5.95. The lowest BCUT2D eigenvalue weighted by atomic mass is 10.00. The van der Waals surface area contributed by atoms with Crippen LogP contribution in [0, 0.1) is 12.8 Å². The first-order valence-electron chi connectivity index (χ1n) is 7.17. The molecule has 5 nitrogen and oxygen atoms in total. The number of carbonyl (C=O) groups is 1. The van der Waals surface area contributed by atoms with Crippen LogP contribution in [0.1, 0.15) is 22.5 Å². The summed E-state index contributed by atoms with van der Waals surface area (Å²) in [4.78, 5) is 19.2. The molecule has 20 heavy (non-hydrogen) atoms. The Hall–Kier alpha value is -1.88. The molecule has 2 aliphatic heterocycles. The van der Waals surface area contributed by atoms with Crippen LogP contribution >= 0.6 is 0 Å². The first-order chi connectivity index (χ1) is 9.69. The van der Waals surface area contributed by atoms with Gasteiger partial charge in [-0.25, -0.2) is 4.98 Å². The van der Waals surface area contributed by atoms with Gasteiger partial charge >= 0.3 is 0 Å². The Balaban J connectivity index is 1.54. The smallest absolute Gasteiger partial charge is 0.251 e. The fourth-order valence-corrected chi connectivity index (χ4v) is 3.45. The molecule has 3 atom stereocenters. The molecule has 1 amide bonds. The number of pyridine rings is 1.